The average Bonchev–Trinajstić information content (AvgIpc) is 2.87. The van der Waals surface area contributed by atoms with Crippen LogP contribution in [0.25, 0.3) is 0 Å². The van der Waals surface area contributed by atoms with Crippen molar-refractivity contribution in [2.24, 2.45) is 5.92 Å². The first-order valence-electron chi connectivity index (χ1n) is 5.16. The summed E-state index contributed by atoms with van der Waals surface area (Å²) in [6.07, 6.45) is 5.04. The Labute approximate surface area is 89.1 Å². The summed E-state index contributed by atoms with van der Waals surface area (Å²) < 4.78 is 0. The number of H-pyrrole nitrogens is 1. The number of nitrogens with zero attached hydrogens (tertiary/aromatic N) is 1. The second-order valence-electron chi connectivity index (χ2n) is 3.83. The molecular weight excluding hydrogens is 194 g/mol. The lowest BCUT2D eigenvalue weighted by Crippen LogP contribution is -2.26. The second kappa shape index (κ2) is 4.84. The van der Waals surface area contributed by atoms with E-state index in [1.165, 1.54) is 17.9 Å². The Bertz CT molecular complexity index is 254. The van der Waals surface area contributed by atoms with Crippen LogP contribution in [0.4, 0.5) is 0 Å². The normalized spacial score (nSPS) is 23.9. The van der Waals surface area contributed by atoms with Crippen molar-refractivity contribution < 1.29 is 0 Å². The molecular formula is C10H17N3S. The molecule has 0 radical (unpaired) electrons. The standard InChI is InChI=1S/C10H17N3S/c1-8(10-11-3-4-12-10)13-6-9-2-5-14-7-9/h3-4,8-9,13H,2,5-7H2,1H3,(H,11,12). The Kier molecular flexibility index (Phi) is 3.48. The molecule has 0 aromatic carbocycles. The van der Waals surface area contributed by atoms with Gasteiger partial charge in [-0.05, 0) is 37.3 Å². The van der Waals surface area contributed by atoms with E-state index in [0.29, 0.717) is 6.04 Å². The number of aromatic nitrogens is 2. The highest BCUT2D eigenvalue weighted by molar-refractivity contribution is 7.99. The third-order valence-electron chi connectivity index (χ3n) is 2.67. The summed E-state index contributed by atoms with van der Waals surface area (Å²) in [7, 11) is 0. The van der Waals surface area contributed by atoms with Gasteiger partial charge in [-0.3, -0.25) is 0 Å². The lowest BCUT2D eigenvalue weighted by Gasteiger charge is -2.14. The summed E-state index contributed by atoms with van der Waals surface area (Å²) in [5.41, 5.74) is 0. The maximum atomic E-state index is 4.24. The number of hydrogen-bond acceptors (Lipinski definition) is 3. The van der Waals surface area contributed by atoms with Gasteiger partial charge >= 0.3 is 0 Å². The summed E-state index contributed by atoms with van der Waals surface area (Å²) >= 11 is 2.07. The van der Waals surface area contributed by atoms with Gasteiger partial charge in [0.15, 0.2) is 0 Å². The van der Waals surface area contributed by atoms with Gasteiger partial charge in [-0.25, -0.2) is 4.98 Å². The van der Waals surface area contributed by atoms with Crippen LogP contribution in [-0.4, -0.2) is 28.0 Å². The van der Waals surface area contributed by atoms with E-state index in [9.17, 15) is 0 Å². The number of rotatable bonds is 4. The fourth-order valence-electron chi connectivity index (χ4n) is 1.70. The van der Waals surface area contributed by atoms with Crippen LogP contribution in [0.3, 0.4) is 0 Å². The number of aromatic amines is 1. The summed E-state index contributed by atoms with van der Waals surface area (Å²) in [6, 6.07) is 0.343. The van der Waals surface area contributed by atoms with Crippen molar-refractivity contribution >= 4 is 11.8 Å². The molecule has 0 spiro atoms. The van der Waals surface area contributed by atoms with Gasteiger partial charge in [0.2, 0.25) is 0 Å². The van der Waals surface area contributed by atoms with Gasteiger partial charge in [0.05, 0.1) is 6.04 Å². The van der Waals surface area contributed by atoms with E-state index < -0.39 is 0 Å². The Morgan fingerprint density at radius 3 is 3.36 bits per heavy atom. The van der Waals surface area contributed by atoms with Crippen LogP contribution in [0, 0.1) is 5.92 Å². The zero-order valence-corrected chi connectivity index (χ0v) is 9.31. The van der Waals surface area contributed by atoms with Crippen molar-refractivity contribution in [3.63, 3.8) is 0 Å². The average molecular weight is 211 g/mol. The van der Waals surface area contributed by atoms with Crippen LogP contribution in [0.5, 0.6) is 0 Å². The molecule has 0 aliphatic carbocycles. The van der Waals surface area contributed by atoms with Gasteiger partial charge in [0, 0.05) is 12.4 Å². The van der Waals surface area contributed by atoms with Crippen molar-refractivity contribution in [3.05, 3.63) is 18.2 Å². The van der Waals surface area contributed by atoms with Crippen molar-refractivity contribution in [2.75, 3.05) is 18.1 Å². The summed E-state index contributed by atoms with van der Waals surface area (Å²) in [6.45, 7) is 3.27. The van der Waals surface area contributed by atoms with Crippen LogP contribution < -0.4 is 5.32 Å². The predicted octanol–water partition coefficient (Wildman–Crippen LogP) is 1.81. The van der Waals surface area contributed by atoms with Crippen LogP contribution in [0.1, 0.15) is 25.2 Å². The van der Waals surface area contributed by atoms with E-state index in [2.05, 4.69) is 34.0 Å². The molecule has 1 aliphatic heterocycles. The van der Waals surface area contributed by atoms with Gasteiger partial charge in [-0.2, -0.15) is 11.8 Å². The predicted molar refractivity (Wildman–Crippen MR) is 60.4 cm³/mol. The Balaban J connectivity index is 1.74. The van der Waals surface area contributed by atoms with E-state index in [0.717, 1.165) is 18.3 Å². The topological polar surface area (TPSA) is 40.7 Å². The van der Waals surface area contributed by atoms with Crippen LogP contribution >= 0.6 is 11.8 Å². The minimum atomic E-state index is 0.343. The van der Waals surface area contributed by atoms with E-state index in [-0.39, 0.29) is 0 Å². The molecule has 14 heavy (non-hydrogen) atoms. The highest BCUT2D eigenvalue weighted by atomic mass is 32.2. The molecule has 1 saturated heterocycles. The van der Waals surface area contributed by atoms with Gasteiger partial charge in [-0.15, -0.1) is 0 Å². The molecule has 1 fully saturated rings. The van der Waals surface area contributed by atoms with Crippen molar-refractivity contribution in [1.82, 2.24) is 15.3 Å². The fourth-order valence-corrected chi connectivity index (χ4v) is 2.98. The minimum Gasteiger partial charge on any atom is -0.347 e. The summed E-state index contributed by atoms with van der Waals surface area (Å²) in [4.78, 5) is 7.37. The van der Waals surface area contributed by atoms with Crippen molar-refractivity contribution in [2.45, 2.75) is 19.4 Å². The molecule has 0 amide bonds. The van der Waals surface area contributed by atoms with E-state index >= 15 is 0 Å². The highest BCUT2D eigenvalue weighted by Crippen LogP contribution is 2.23. The molecule has 2 heterocycles. The number of nitrogens with one attached hydrogen (secondary N) is 2. The van der Waals surface area contributed by atoms with Gasteiger partial charge in [0.1, 0.15) is 5.82 Å². The van der Waals surface area contributed by atoms with E-state index in [1.807, 2.05) is 6.20 Å². The Morgan fingerprint density at radius 1 is 1.79 bits per heavy atom. The smallest absolute Gasteiger partial charge is 0.122 e. The SMILES string of the molecule is CC(NCC1CCSC1)c1ncc[nH]1. The largest absolute Gasteiger partial charge is 0.347 e. The van der Waals surface area contributed by atoms with E-state index in [4.69, 9.17) is 0 Å². The zero-order valence-electron chi connectivity index (χ0n) is 8.49. The number of hydrogen-bond donors (Lipinski definition) is 2. The molecule has 0 saturated carbocycles. The molecule has 4 heteroatoms. The lowest BCUT2D eigenvalue weighted by atomic mass is 10.1. The molecule has 2 rings (SSSR count). The fraction of sp³-hybridized carbons (Fsp3) is 0.700. The van der Waals surface area contributed by atoms with Crippen LogP contribution in [0.15, 0.2) is 12.4 Å². The second-order valence-corrected chi connectivity index (χ2v) is 4.98. The molecule has 2 unspecified atom stereocenters. The Morgan fingerprint density at radius 2 is 2.71 bits per heavy atom. The quantitative estimate of drug-likeness (QED) is 0.798. The number of thioether (sulfide) groups is 1. The molecule has 1 aromatic rings. The zero-order chi connectivity index (χ0) is 9.80. The van der Waals surface area contributed by atoms with Crippen molar-refractivity contribution in [3.8, 4) is 0 Å². The maximum Gasteiger partial charge on any atom is 0.122 e. The Hall–Kier alpha value is -0.480. The maximum absolute atomic E-state index is 4.24. The first-order valence-corrected chi connectivity index (χ1v) is 6.32. The molecule has 2 atom stereocenters. The monoisotopic (exact) mass is 211 g/mol. The number of imidazole rings is 1. The van der Waals surface area contributed by atoms with Crippen molar-refractivity contribution in [1.29, 1.82) is 0 Å². The van der Waals surface area contributed by atoms with Gasteiger partial charge in [-0.1, -0.05) is 0 Å². The molecule has 78 valence electrons. The molecule has 1 aromatic heterocycles. The molecule has 3 nitrogen and oxygen atoms in total. The molecule has 2 N–H and O–H groups in total. The molecule has 1 aliphatic rings. The third-order valence-corrected chi connectivity index (χ3v) is 3.90. The lowest BCUT2D eigenvalue weighted by molar-refractivity contribution is 0.467. The van der Waals surface area contributed by atoms with Gasteiger partial charge in [0.25, 0.3) is 0 Å². The first kappa shape index (κ1) is 10.1. The molecule has 0 bridgehead atoms. The summed E-state index contributed by atoms with van der Waals surface area (Å²) in [5, 5.41) is 3.52. The van der Waals surface area contributed by atoms with Crippen LogP contribution in [-0.2, 0) is 0 Å². The highest BCUT2D eigenvalue weighted by Gasteiger charge is 2.16. The summed E-state index contributed by atoms with van der Waals surface area (Å²) in [5.74, 6) is 4.55. The van der Waals surface area contributed by atoms with E-state index in [1.54, 1.807) is 6.20 Å². The first-order chi connectivity index (χ1) is 6.86. The minimum absolute atomic E-state index is 0.343. The van der Waals surface area contributed by atoms with Gasteiger partial charge < -0.3 is 10.3 Å². The third kappa shape index (κ3) is 2.51. The van der Waals surface area contributed by atoms with Crippen LogP contribution in [0.2, 0.25) is 0 Å².